The van der Waals surface area contributed by atoms with Crippen LogP contribution in [0.4, 0.5) is 0 Å². The van der Waals surface area contributed by atoms with E-state index in [2.05, 4.69) is 0 Å². The van der Waals surface area contributed by atoms with Gasteiger partial charge in [-0.2, -0.15) is 0 Å². The minimum Gasteiger partial charge on any atom is -0.402 e. The van der Waals surface area contributed by atoms with Gasteiger partial charge in [0.05, 0.1) is 0 Å². The van der Waals surface area contributed by atoms with Crippen LogP contribution in [-0.4, -0.2) is 22.4 Å². The predicted molar refractivity (Wildman–Crippen MR) is 12.4 cm³/mol. The van der Waals surface area contributed by atoms with E-state index >= 15 is 0 Å². The monoisotopic (exact) mass is 118 g/mol. The normalized spacial score (nSPS) is 5.40. The molecular weight excluding hydrogens is 115 g/mol. The third-order valence-corrected chi connectivity index (χ3v) is 0. The molecule has 0 rings (SSSR count). The smallest absolute Gasteiger partial charge is 0.402 e. The van der Waals surface area contributed by atoms with Crippen molar-refractivity contribution in [3.8, 4) is 0 Å². The number of hydrogen-bond donors (Lipinski definition) is 3. The van der Waals surface area contributed by atoms with Crippen LogP contribution in [0.5, 0.6) is 0 Å². The van der Waals surface area contributed by atoms with E-state index in [4.69, 9.17) is 15.1 Å². The molecule has 0 aromatic heterocycles. The molecule has 0 aromatic carbocycles. The summed E-state index contributed by atoms with van der Waals surface area (Å²) in [5.41, 5.74) is 0. The Morgan fingerprint density at radius 1 is 1.00 bits per heavy atom. The van der Waals surface area contributed by atoms with E-state index < -0.39 is 7.32 Å². The van der Waals surface area contributed by atoms with Crippen LogP contribution in [0.25, 0.3) is 0 Å². The van der Waals surface area contributed by atoms with Crippen molar-refractivity contribution >= 4 is 7.32 Å². The van der Waals surface area contributed by atoms with Crippen LogP contribution < -0.4 is 0 Å². The van der Waals surface area contributed by atoms with E-state index in [9.17, 15) is 0 Å². The summed E-state index contributed by atoms with van der Waals surface area (Å²) in [7, 11) is -2.17. The molecule has 0 bridgehead atoms. The molecule has 0 aliphatic heterocycles. The van der Waals surface area contributed by atoms with E-state index in [1.54, 1.807) is 0 Å². The van der Waals surface area contributed by atoms with Crippen molar-refractivity contribution in [1.29, 1.82) is 0 Å². The second-order valence-corrected chi connectivity index (χ2v) is 0.346. The van der Waals surface area contributed by atoms with Crippen LogP contribution in [0, 0.1) is 0 Å². The first-order chi connectivity index (χ1) is 1.73. The molecule has 0 atom stereocenters. The van der Waals surface area contributed by atoms with Crippen molar-refractivity contribution < 1.29 is 32.1 Å². The standard InChI is InChI=1S/BH3O3.Fe/c2-1(3)4;/h2-4H;. The number of rotatable bonds is 0. The zero-order valence-corrected chi connectivity index (χ0v) is 3.38. The maximum absolute atomic E-state index is 7.17. The van der Waals surface area contributed by atoms with Crippen LogP contribution in [0.3, 0.4) is 0 Å². The molecule has 0 unspecified atom stereocenters. The van der Waals surface area contributed by atoms with Gasteiger partial charge in [-0.3, -0.25) is 0 Å². The summed E-state index contributed by atoms with van der Waals surface area (Å²) in [5.74, 6) is 0. The Bertz CT molecular complexity index is 11.6. The minimum atomic E-state index is -2.17. The Labute approximate surface area is 40.3 Å². The summed E-state index contributed by atoms with van der Waals surface area (Å²) < 4.78 is 0. The van der Waals surface area contributed by atoms with E-state index in [1.807, 2.05) is 0 Å². The fraction of sp³-hybridized carbons (Fsp3) is 0. The minimum absolute atomic E-state index is 0. The summed E-state index contributed by atoms with van der Waals surface area (Å²) in [5, 5.41) is 21.5. The molecule has 5 heavy (non-hydrogen) atoms. The fourth-order valence-corrected chi connectivity index (χ4v) is 0. The third-order valence-electron chi connectivity index (χ3n) is 0. The molecule has 3 nitrogen and oxygen atoms in total. The van der Waals surface area contributed by atoms with Gasteiger partial charge in [-0.25, -0.2) is 0 Å². The molecule has 0 saturated heterocycles. The van der Waals surface area contributed by atoms with Gasteiger partial charge in [0.15, 0.2) is 0 Å². The average molecular weight is 118 g/mol. The van der Waals surface area contributed by atoms with Gasteiger partial charge in [-0.1, -0.05) is 0 Å². The first-order valence-corrected chi connectivity index (χ1v) is 0.775. The van der Waals surface area contributed by atoms with Gasteiger partial charge in [0.2, 0.25) is 0 Å². The first-order valence-electron chi connectivity index (χ1n) is 0.775. The molecule has 0 amide bonds. The molecule has 0 saturated carbocycles. The molecule has 0 heterocycles. The Morgan fingerprint density at radius 3 is 1.00 bits per heavy atom. The Kier molecular flexibility index (Phi) is 8.10. The van der Waals surface area contributed by atoms with Crippen LogP contribution in [0.15, 0.2) is 0 Å². The first kappa shape index (κ1) is 9.07. The SMILES string of the molecule is OB(O)O.[Fe]. The van der Waals surface area contributed by atoms with Gasteiger partial charge in [0.25, 0.3) is 0 Å². The Hall–Kier alpha value is 0.464. The molecule has 0 aliphatic rings. The van der Waals surface area contributed by atoms with Crippen molar-refractivity contribution in [1.82, 2.24) is 0 Å². The van der Waals surface area contributed by atoms with Gasteiger partial charge < -0.3 is 15.1 Å². The van der Waals surface area contributed by atoms with Gasteiger partial charge in [-0.05, 0) is 0 Å². The number of hydrogen-bond acceptors (Lipinski definition) is 3. The van der Waals surface area contributed by atoms with Gasteiger partial charge in [-0.15, -0.1) is 0 Å². The second-order valence-electron chi connectivity index (χ2n) is 0.346. The van der Waals surface area contributed by atoms with E-state index in [-0.39, 0.29) is 17.1 Å². The molecular formula is H3BFeO3. The quantitative estimate of drug-likeness (QED) is 0.320. The van der Waals surface area contributed by atoms with Crippen LogP contribution in [0.1, 0.15) is 0 Å². The summed E-state index contributed by atoms with van der Waals surface area (Å²) in [6, 6.07) is 0. The van der Waals surface area contributed by atoms with Crippen LogP contribution in [0.2, 0.25) is 0 Å². The largest absolute Gasteiger partial charge is 0.631 e. The van der Waals surface area contributed by atoms with Crippen molar-refractivity contribution in [2.75, 3.05) is 0 Å². The van der Waals surface area contributed by atoms with E-state index in [1.165, 1.54) is 0 Å². The molecule has 0 aromatic rings. The van der Waals surface area contributed by atoms with Gasteiger partial charge in [0, 0.05) is 17.1 Å². The summed E-state index contributed by atoms with van der Waals surface area (Å²) in [4.78, 5) is 0. The molecule has 0 fully saturated rings. The van der Waals surface area contributed by atoms with Crippen molar-refractivity contribution in [3.63, 3.8) is 0 Å². The van der Waals surface area contributed by atoms with Crippen molar-refractivity contribution in [2.24, 2.45) is 0 Å². The maximum atomic E-state index is 7.17. The Balaban J connectivity index is 0. The molecule has 0 aliphatic carbocycles. The molecule has 0 radical (unpaired) electrons. The van der Waals surface area contributed by atoms with Gasteiger partial charge in [0.1, 0.15) is 0 Å². The maximum Gasteiger partial charge on any atom is 0.631 e. The van der Waals surface area contributed by atoms with E-state index in [0.717, 1.165) is 0 Å². The molecule has 5 heteroatoms. The summed E-state index contributed by atoms with van der Waals surface area (Å²) in [6.07, 6.45) is 0. The van der Waals surface area contributed by atoms with Crippen LogP contribution >= 0.6 is 0 Å². The Morgan fingerprint density at radius 2 is 1.00 bits per heavy atom. The van der Waals surface area contributed by atoms with E-state index in [0.29, 0.717) is 0 Å². The zero-order valence-electron chi connectivity index (χ0n) is 2.27. The summed E-state index contributed by atoms with van der Waals surface area (Å²) >= 11 is 0. The molecule has 3 N–H and O–H groups in total. The summed E-state index contributed by atoms with van der Waals surface area (Å²) in [6.45, 7) is 0. The molecule has 32 valence electrons. The second kappa shape index (κ2) is 4.46. The third kappa shape index (κ3) is 126. The zero-order chi connectivity index (χ0) is 3.58. The van der Waals surface area contributed by atoms with Crippen molar-refractivity contribution in [3.05, 3.63) is 0 Å². The molecule has 0 spiro atoms. The predicted octanol–water partition coefficient (Wildman–Crippen LogP) is -2.05. The fourth-order valence-electron chi connectivity index (χ4n) is 0. The topological polar surface area (TPSA) is 60.7 Å². The van der Waals surface area contributed by atoms with Crippen molar-refractivity contribution in [2.45, 2.75) is 0 Å². The van der Waals surface area contributed by atoms with Crippen LogP contribution in [-0.2, 0) is 17.1 Å². The van der Waals surface area contributed by atoms with Gasteiger partial charge >= 0.3 is 7.32 Å². The average Bonchev–Trinajstić information content (AvgIpc) is 0.811.